The molecule has 1 aromatic rings. The lowest BCUT2D eigenvalue weighted by Gasteiger charge is -2.29. The van der Waals surface area contributed by atoms with Crippen LogP contribution in [-0.2, 0) is 4.74 Å². The molecule has 18 heavy (non-hydrogen) atoms. The van der Waals surface area contributed by atoms with Gasteiger partial charge in [-0.25, -0.2) is 0 Å². The van der Waals surface area contributed by atoms with E-state index in [0.717, 1.165) is 18.5 Å². The molecule has 0 spiro atoms. The predicted octanol–water partition coefficient (Wildman–Crippen LogP) is 3.71. The van der Waals surface area contributed by atoms with E-state index in [9.17, 15) is 0 Å². The highest BCUT2D eigenvalue weighted by atomic mass is 16.5. The van der Waals surface area contributed by atoms with Crippen LogP contribution in [0.4, 0.5) is 0 Å². The van der Waals surface area contributed by atoms with E-state index in [-0.39, 0.29) is 12.1 Å². The molecule has 1 N–H and O–H groups in total. The molecule has 2 atom stereocenters. The van der Waals surface area contributed by atoms with Crippen LogP contribution in [0.1, 0.15) is 38.9 Å². The average molecular weight is 247 g/mol. The van der Waals surface area contributed by atoms with Crippen molar-refractivity contribution in [3.8, 4) is 0 Å². The second-order valence-corrected chi connectivity index (χ2v) is 4.56. The van der Waals surface area contributed by atoms with Crippen molar-refractivity contribution in [3.05, 3.63) is 48.0 Å². The molecule has 0 aliphatic heterocycles. The normalized spacial score (nSPS) is 14.2. The molecule has 0 aliphatic rings. The Bertz CT molecular complexity index is 347. The average Bonchev–Trinajstić information content (AvgIpc) is 2.38. The summed E-state index contributed by atoms with van der Waals surface area (Å²) in [6.45, 7) is 12.0. The predicted molar refractivity (Wildman–Crippen MR) is 77.7 cm³/mol. The molecule has 0 bridgehead atoms. The first-order valence-electron chi connectivity index (χ1n) is 6.76. The molecule has 0 aromatic heterocycles. The van der Waals surface area contributed by atoms with E-state index in [4.69, 9.17) is 4.74 Å². The molecule has 100 valence electrons. The first-order chi connectivity index (χ1) is 8.70. The van der Waals surface area contributed by atoms with Crippen molar-refractivity contribution < 1.29 is 4.74 Å². The second kappa shape index (κ2) is 8.06. The number of hydrogen-bond donors (Lipinski definition) is 1. The van der Waals surface area contributed by atoms with E-state index in [1.807, 2.05) is 13.0 Å². The molecular formula is C16H25NO. The smallest absolute Gasteiger partial charge is 0.102 e. The molecule has 0 aliphatic carbocycles. The van der Waals surface area contributed by atoms with Crippen LogP contribution in [0.3, 0.4) is 0 Å². The highest BCUT2D eigenvalue weighted by Crippen LogP contribution is 2.25. The van der Waals surface area contributed by atoms with Crippen molar-refractivity contribution in [2.75, 3.05) is 13.2 Å². The fourth-order valence-corrected chi connectivity index (χ4v) is 2.05. The third-order valence-corrected chi connectivity index (χ3v) is 2.92. The van der Waals surface area contributed by atoms with Gasteiger partial charge in [-0.1, -0.05) is 49.4 Å². The lowest BCUT2D eigenvalue weighted by Crippen LogP contribution is -2.37. The van der Waals surface area contributed by atoms with E-state index in [1.165, 1.54) is 5.56 Å². The van der Waals surface area contributed by atoms with Crippen LogP contribution >= 0.6 is 0 Å². The highest BCUT2D eigenvalue weighted by Gasteiger charge is 2.23. The van der Waals surface area contributed by atoms with E-state index in [2.05, 4.69) is 50.0 Å². The van der Waals surface area contributed by atoms with Gasteiger partial charge in [0.25, 0.3) is 0 Å². The maximum Gasteiger partial charge on any atom is 0.102 e. The Morgan fingerprint density at radius 1 is 1.28 bits per heavy atom. The van der Waals surface area contributed by atoms with Crippen molar-refractivity contribution in [2.24, 2.45) is 0 Å². The van der Waals surface area contributed by atoms with Gasteiger partial charge in [-0.3, -0.25) is 0 Å². The Morgan fingerprint density at radius 2 is 1.94 bits per heavy atom. The van der Waals surface area contributed by atoms with Gasteiger partial charge in [-0.2, -0.15) is 0 Å². The molecule has 2 heteroatoms. The zero-order valence-corrected chi connectivity index (χ0v) is 11.8. The minimum Gasteiger partial charge on any atom is -0.372 e. The fraction of sp³-hybridized carbons (Fsp3) is 0.500. The SMILES string of the molecule is C=C(C)C(NCCC)C(OCC)c1ccccc1. The molecule has 0 radical (unpaired) electrons. The van der Waals surface area contributed by atoms with Crippen LogP contribution < -0.4 is 5.32 Å². The molecule has 2 nitrogen and oxygen atoms in total. The van der Waals surface area contributed by atoms with E-state index in [0.29, 0.717) is 6.61 Å². The maximum atomic E-state index is 5.93. The molecule has 0 saturated carbocycles. The summed E-state index contributed by atoms with van der Waals surface area (Å²) in [6, 6.07) is 10.5. The lowest BCUT2D eigenvalue weighted by molar-refractivity contribution is 0.0424. The summed E-state index contributed by atoms with van der Waals surface area (Å²) >= 11 is 0. The van der Waals surface area contributed by atoms with Crippen molar-refractivity contribution in [1.82, 2.24) is 5.32 Å². The van der Waals surface area contributed by atoms with Crippen LogP contribution in [0.15, 0.2) is 42.5 Å². The number of benzene rings is 1. The third kappa shape index (κ3) is 4.28. The van der Waals surface area contributed by atoms with Gasteiger partial charge in [0.1, 0.15) is 6.10 Å². The van der Waals surface area contributed by atoms with Crippen LogP contribution in [0.2, 0.25) is 0 Å². The molecule has 0 amide bonds. The fourth-order valence-electron chi connectivity index (χ4n) is 2.05. The van der Waals surface area contributed by atoms with Gasteiger partial charge in [0.2, 0.25) is 0 Å². The molecule has 0 saturated heterocycles. The van der Waals surface area contributed by atoms with E-state index in [1.54, 1.807) is 0 Å². The summed E-state index contributed by atoms with van der Waals surface area (Å²) in [5.74, 6) is 0. The van der Waals surface area contributed by atoms with Gasteiger partial charge in [-0.05, 0) is 32.4 Å². The summed E-state index contributed by atoms with van der Waals surface area (Å²) in [6.07, 6.45) is 1.15. The van der Waals surface area contributed by atoms with E-state index < -0.39 is 0 Å². The topological polar surface area (TPSA) is 21.3 Å². The monoisotopic (exact) mass is 247 g/mol. The maximum absolute atomic E-state index is 5.93. The Hall–Kier alpha value is -1.12. The first kappa shape index (κ1) is 14.9. The minimum absolute atomic E-state index is 0.0419. The van der Waals surface area contributed by atoms with Gasteiger partial charge >= 0.3 is 0 Å². The summed E-state index contributed by atoms with van der Waals surface area (Å²) < 4.78 is 5.93. The molecule has 1 rings (SSSR count). The highest BCUT2D eigenvalue weighted by molar-refractivity contribution is 5.23. The number of nitrogens with one attached hydrogen (secondary N) is 1. The van der Waals surface area contributed by atoms with Crippen LogP contribution in [0.25, 0.3) is 0 Å². The Labute approximate surface area is 111 Å². The molecule has 1 aromatic carbocycles. The van der Waals surface area contributed by atoms with Crippen molar-refractivity contribution >= 4 is 0 Å². The molecule has 0 heterocycles. The van der Waals surface area contributed by atoms with Gasteiger partial charge in [0.15, 0.2) is 0 Å². The quantitative estimate of drug-likeness (QED) is 0.707. The summed E-state index contributed by atoms with van der Waals surface area (Å²) in [5.41, 5.74) is 2.32. The largest absolute Gasteiger partial charge is 0.372 e. The Balaban J connectivity index is 2.89. The number of rotatable bonds is 8. The summed E-state index contributed by atoms with van der Waals surface area (Å²) in [4.78, 5) is 0. The van der Waals surface area contributed by atoms with Gasteiger partial charge in [-0.15, -0.1) is 0 Å². The van der Waals surface area contributed by atoms with Gasteiger partial charge in [0.05, 0.1) is 6.04 Å². The van der Waals surface area contributed by atoms with Gasteiger partial charge < -0.3 is 10.1 Å². The summed E-state index contributed by atoms with van der Waals surface area (Å²) in [5, 5.41) is 3.53. The van der Waals surface area contributed by atoms with Crippen LogP contribution in [-0.4, -0.2) is 19.2 Å². The van der Waals surface area contributed by atoms with Crippen molar-refractivity contribution in [3.63, 3.8) is 0 Å². The molecule has 2 unspecified atom stereocenters. The van der Waals surface area contributed by atoms with Gasteiger partial charge in [0, 0.05) is 6.61 Å². The van der Waals surface area contributed by atoms with Crippen LogP contribution in [0, 0.1) is 0 Å². The Morgan fingerprint density at radius 3 is 2.44 bits per heavy atom. The standard InChI is InChI=1S/C16H25NO/c1-5-12-17-15(13(3)4)16(18-6-2)14-10-8-7-9-11-14/h7-11,15-17H,3,5-6,12H2,1-2,4H3. The molecule has 0 fully saturated rings. The first-order valence-corrected chi connectivity index (χ1v) is 6.76. The zero-order chi connectivity index (χ0) is 13.4. The van der Waals surface area contributed by atoms with Crippen molar-refractivity contribution in [2.45, 2.75) is 39.3 Å². The van der Waals surface area contributed by atoms with Crippen LogP contribution in [0.5, 0.6) is 0 Å². The van der Waals surface area contributed by atoms with Crippen molar-refractivity contribution in [1.29, 1.82) is 0 Å². The molecular weight excluding hydrogens is 222 g/mol. The number of ether oxygens (including phenoxy) is 1. The second-order valence-electron chi connectivity index (χ2n) is 4.56. The van der Waals surface area contributed by atoms with E-state index >= 15 is 0 Å². The number of hydrogen-bond acceptors (Lipinski definition) is 2. The summed E-state index contributed by atoms with van der Waals surface area (Å²) in [7, 11) is 0. The lowest BCUT2D eigenvalue weighted by atomic mass is 9.97. The minimum atomic E-state index is 0.0419. The zero-order valence-electron chi connectivity index (χ0n) is 11.8. The Kier molecular flexibility index (Phi) is 6.69. The third-order valence-electron chi connectivity index (χ3n) is 2.92.